The van der Waals surface area contributed by atoms with Crippen LogP contribution in [0.2, 0.25) is 4.34 Å². The van der Waals surface area contributed by atoms with Crippen molar-refractivity contribution >= 4 is 33.0 Å². The summed E-state index contributed by atoms with van der Waals surface area (Å²) in [6.45, 7) is 1.21. The Kier molecular flexibility index (Phi) is 4.64. The third-order valence-corrected chi connectivity index (χ3v) is 4.46. The van der Waals surface area contributed by atoms with Gasteiger partial charge in [-0.15, -0.1) is 11.3 Å². The molecule has 19 heavy (non-hydrogen) atoms. The average molecular weight is 321 g/mol. The minimum absolute atomic E-state index is 0.214. The quantitative estimate of drug-likeness (QED) is 0.797. The molecule has 0 saturated heterocycles. The normalized spacial score (nSPS) is 11.9. The van der Waals surface area contributed by atoms with Crippen LogP contribution in [0.5, 0.6) is 0 Å². The Bertz CT molecular complexity index is 648. The third-order valence-electron chi connectivity index (χ3n) is 2.39. The van der Waals surface area contributed by atoms with Gasteiger partial charge in [-0.25, -0.2) is 13.6 Å². The largest absolute Gasteiger partial charge is 0.447 e. The van der Waals surface area contributed by atoms with Crippen molar-refractivity contribution < 1.29 is 12.8 Å². The maximum Gasteiger partial charge on any atom is 0.271 e. The van der Waals surface area contributed by atoms with Gasteiger partial charge in [0.15, 0.2) is 0 Å². The highest BCUT2D eigenvalue weighted by atomic mass is 35.5. The Hall–Kier alpha value is -0.860. The van der Waals surface area contributed by atoms with Crippen molar-refractivity contribution in [3.63, 3.8) is 0 Å². The first-order valence-corrected chi connectivity index (χ1v) is 8.25. The molecule has 0 radical (unpaired) electrons. The first-order chi connectivity index (χ1) is 8.95. The number of nitrogens with one attached hydrogen (secondary N) is 1. The van der Waals surface area contributed by atoms with E-state index < -0.39 is 10.0 Å². The number of furan rings is 1. The van der Waals surface area contributed by atoms with E-state index in [0.29, 0.717) is 12.3 Å². The Balaban J connectivity index is 1.78. The lowest BCUT2D eigenvalue weighted by Crippen LogP contribution is -2.16. The number of rotatable bonds is 6. The van der Waals surface area contributed by atoms with E-state index in [1.807, 2.05) is 12.1 Å². The van der Waals surface area contributed by atoms with Crippen LogP contribution < -0.4 is 10.5 Å². The molecule has 0 unspecified atom stereocenters. The molecular formula is C11H13ClN2O3S2. The van der Waals surface area contributed by atoms with Gasteiger partial charge in [0.05, 0.1) is 10.9 Å². The topological polar surface area (TPSA) is 85.3 Å². The molecule has 2 aromatic heterocycles. The van der Waals surface area contributed by atoms with Crippen LogP contribution in [-0.2, 0) is 23.0 Å². The van der Waals surface area contributed by atoms with Crippen molar-refractivity contribution in [1.29, 1.82) is 0 Å². The Labute approximate surface area is 120 Å². The van der Waals surface area contributed by atoms with Crippen molar-refractivity contribution in [3.05, 3.63) is 39.2 Å². The number of nitrogens with two attached hydrogens (primary N) is 1. The number of halogens is 1. The molecule has 5 nitrogen and oxygen atoms in total. The van der Waals surface area contributed by atoms with E-state index in [0.717, 1.165) is 17.3 Å². The molecule has 0 spiro atoms. The fraction of sp³-hybridized carbons (Fsp3) is 0.273. The van der Waals surface area contributed by atoms with Crippen LogP contribution in [0.4, 0.5) is 0 Å². The van der Waals surface area contributed by atoms with E-state index in [1.165, 1.54) is 10.9 Å². The van der Waals surface area contributed by atoms with Crippen molar-refractivity contribution in [3.8, 4) is 0 Å². The summed E-state index contributed by atoms with van der Waals surface area (Å²) in [6.07, 6.45) is 0.861. The molecule has 0 bridgehead atoms. The minimum Gasteiger partial charge on any atom is -0.447 e. The first-order valence-electron chi connectivity index (χ1n) is 5.51. The number of thiophene rings is 1. The van der Waals surface area contributed by atoms with Gasteiger partial charge in [0.1, 0.15) is 5.76 Å². The summed E-state index contributed by atoms with van der Waals surface area (Å²) in [5.41, 5.74) is 0. The van der Waals surface area contributed by atoms with Gasteiger partial charge in [-0.3, -0.25) is 0 Å². The highest BCUT2D eigenvalue weighted by Crippen LogP contribution is 2.21. The third kappa shape index (κ3) is 4.32. The van der Waals surface area contributed by atoms with Crippen molar-refractivity contribution in [2.24, 2.45) is 5.14 Å². The second-order valence-corrected chi connectivity index (χ2v) is 7.19. The van der Waals surface area contributed by atoms with Crippen molar-refractivity contribution in [2.75, 3.05) is 6.54 Å². The van der Waals surface area contributed by atoms with Gasteiger partial charge in [-0.05, 0) is 30.7 Å². The zero-order valence-electron chi connectivity index (χ0n) is 9.93. The molecule has 2 aromatic rings. The second kappa shape index (κ2) is 6.06. The van der Waals surface area contributed by atoms with Gasteiger partial charge in [-0.2, -0.15) is 0 Å². The minimum atomic E-state index is -3.76. The molecule has 0 saturated carbocycles. The molecule has 104 valence electrons. The van der Waals surface area contributed by atoms with Gasteiger partial charge < -0.3 is 9.73 Å². The van der Waals surface area contributed by atoms with Gasteiger partial charge in [-0.1, -0.05) is 11.6 Å². The standard InChI is InChI=1S/C11H13ClN2O3S2/c12-10-3-2-9(18-10)5-6-14-7-8-1-4-11(17-8)19(13,15)16/h1-4,14H,5-7H2,(H2,13,15,16). The monoisotopic (exact) mass is 320 g/mol. The van der Waals surface area contributed by atoms with Crippen LogP contribution in [0.15, 0.2) is 33.8 Å². The molecule has 0 aliphatic heterocycles. The smallest absolute Gasteiger partial charge is 0.271 e. The number of primary sulfonamides is 1. The summed E-state index contributed by atoms with van der Waals surface area (Å²) in [4.78, 5) is 1.20. The fourth-order valence-corrected chi connectivity index (χ4v) is 3.08. The SMILES string of the molecule is NS(=O)(=O)c1ccc(CNCCc2ccc(Cl)s2)o1. The molecule has 0 aromatic carbocycles. The Morgan fingerprint density at radius 1 is 1.32 bits per heavy atom. The number of hydrogen-bond acceptors (Lipinski definition) is 5. The number of hydrogen-bond donors (Lipinski definition) is 2. The Morgan fingerprint density at radius 2 is 2.11 bits per heavy atom. The lowest BCUT2D eigenvalue weighted by molar-refractivity contribution is 0.403. The highest BCUT2D eigenvalue weighted by molar-refractivity contribution is 7.89. The molecule has 0 aliphatic rings. The van der Waals surface area contributed by atoms with E-state index in [9.17, 15) is 8.42 Å². The van der Waals surface area contributed by atoms with E-state index in [-0.39, 0.29) is 5.09 Å². The average Bonchev–Trinajstić information content (AvgIpc) is 2.93. The van der Waals surface area contributed by atoms with Crippen molar-refractivity contribution in [1.82, 2.24) is 5.32 Å². The van der Waals surface area contributed by atoms with Crippen molar-refractivity contribution in [2.45, 2.75) is 18.1 Å². The molecule has 0 aliphatic carbocycles. The lowest BCUT2D eigenvalue weighted by Gasteiger charge is -2.01. The Morgan fingerprint density at radius 3 is 2.68 bits per heavy atom. The van der Waals surface area contributed by atoms with Gasteiger partial charge >= 0.3 is 0 Å². The molecule has 0 fully saturated rings. The van der Waals surface area contributed by atoms with Gasteiger partial charge in [0.2, 0.25) is 5.09 Å². The van der Waals surface area contributed by atoms with Crippen LogP contribution >= 0.6 is 22.9 Å². The summed E-state index contributed by atoms with van der Waals surface area (Å²) in [5, 5.41) is 7.90. The highest BCUT2D eigenvalue weighted by Gasteiger charge is 2.12. The van der Waals surface area contributed by atoms with Gasteiger partial charge in [0, 0.05) is 11.4 Å². The van der Waals surface area contributed by atoms with E-state index >= 15 is 0 Å². The van der Waals surface area contributed by atoms with Crippen LogP contribution in [0.25, 0.3) is 0 Å². The molecule has 2 rings (SSSR count). The molecule has 0 atom stereocenters. The second-order valence-electron chi connectivity index (χ2n) is 3.90. The molecular weight excluding hydrogens is 308 g/mol. The summed E-state index contributed by atoms with van der Waals surface area (Å²) >= 11 is 7.38. The lowest BCUT2D eigenvalue weighted by atomic mass is 10.3. The first kappa shape index (κ1) is 14.5. The maximum absolute atomic E-state index is 11.0. The predicted octanol–water partition coefficient (Wildman–Crippen LogP) is 1.97. The molecule has 3 N–H and O–H groups in total. The maximum atomic E-state index is 11.0. The molecule has 2 heterocycles. The summed E-state index contributed by atoms with van der Waals surface area (Å²) in [6, 6.07) is 6.80. The zero-order chi connectivity index (χ0) is 13.9. The van der Waals surface area contributed by atoms with Crippen LogP contribution in [0.1, 0.15) is 10.6 Å². The summed E-state index contributed by atoms with van der Waals surface area (Å²) < 4.78 is 27.9. The number of sulfonamides is 1. The van der Waals surface area contributed by atoms with Crippen LogP contribution in [0.3, 0.4) is 0 Å². The van der Waals surface area contributed by atoms with Crippen LogP contribution in [0, 0.1) is 0 Å². The van der Waals surface area contributed by atoms with E-state index in [4.69, 9.17) is 21.2 Å². The van der Waals surface area contributed by atoms with Crippen LogP contribution in [-0.4, -0.2) is 15.0 Å². The molecule has 0 amide bonds. The predicted molar refractivity (Wildman–Crippen MR) is 74.8 cm³/mol. The summed E-state index contributed by atoms with van der Waals surface area (Å²) in [7, 11) is -3.76. The van der Waals surface area contributed by atoms with E-state index in [1.54, 1.807) is 17.4 Å². The van der Waals surface area contributed by atoms with E-state index in [2.05, 4.69) is 5.32 Å². The molecule has 8 heteroatoms. The van der Waals surface area contributed by atoms with Gasteiger partial charge in [0.25, 0.3) is 10.0 Å². The zero-order valence-corrected chi connectivity index (χ0v) is 12.3. The summed E-state index contributed by atoms with van der Waals surface area (Å²) in [5.74, 6) is 0.535. The fourth-order valence-electron chi connectivity index (χ4n) is 1.52.